The van der Waals surface area contributed by atoms with Crippen molar-refractivity contribution in [2.45, 2.75) is 0 Å². The standard InChI is InChI=1S/C29H23N5O4S/c1-36-22-12-9-18(10-13-22)27-30-29-34(32-27)28(35)25(39-29)16-20-17-33(21-7-5-4-6-8-21)31-26(20)19-11-14-23(37-2)24(15-19)38-3/h4-17H,1-3H3/b25-16-. The van der Waals surface area contributed by atoms with Crippen molar-refractivity contribution < 1.29 is 14.2 Å². The van der Waals surface area contributed by atoms with Gasteiger partial charge in [0.1, 0.15) is 11.4 Å². The van der Waals surface area contributed by atoms with E-state index in [9.17, 15) is 4.79 Å². The molecule has 9 nitrogen and oxygen atoms in total. The smallest absolute Gasteiger partial charge is 0.291 e. The fraction of sp³-hybridized carbons (Fsp3) is 0.103. The first-order chi connectivity index (χ1) is 19.1. The molecule has 0 fully saturated rings. The van der Waals surface area contributed by atoms with E-state index in [1.807, 2.05) is 85.1 Å². The number of hydrogen-bond acceptors (Lipinski definition) is 8. The van der Waals surface area contributed by atoms with Gasteiger partial charge in [0.05, 0.1) is 31.5 Å². The highest BCUT2D eigenvalue weighted by molar-refractivity contribution is 7.15. The summed E-state index contributed by atoms with van der Waals surface area (Å²) in [7, 11) is 4.80. The summed E-state index contributed by atoms with van der Waals surface area (Å²) >= 11 is 1.28. The lowest BCUT2D eigenvalue weighted by molar-refractivity contribution is 0.355. The molecule has 0 unspecified atom stereocenters. The van der Waals surface area contributed by atoms with Crippen LogP contribution >= 0.6 is 11.3 Å². The lowest BCUT2D eigenvalue weighted by atomic mass is 10.1. The first-order valence-electron chi connectivity index (χ1n) is 12.0. The van der Waals surface area contributed by atoms with Crippen LogP contribution in [0.1, 0.15) is 5.56 Å². The summed E-state index contributed by atoms with van der Waals surface area (Å²) < 4.78 is 19.8. The summed E-state index contributed by atoms with van der Waals surface area (Å²) in [6.45, 7) is 0. The van der Waals surface area contributed by atoms with E-state index in [1.54, 1.807) is 26.0 Å². The highest BCUT2D eigenvalue weighted by Gasteiger charge is 2.16. The fourth-order valence-electron chi connectivity index (χ4n) is 4.25. The molecular formula is C29H23N5O4S. The number of nitrogens with zero attached hydrogens (tertiary/aromatic N) is 5. The monoisotopic (exact) mass is 537 g/mol. The highest BCUT2D eigenvalue weighted by Crippen LogP contribution is 2.33. The Hall–Kier alpha value is -4.96. The normalized spacial score (nSPS) is 11.7. The molecule has 194 valence electrons. The number of aromatic nitrogens is 5. The van der Waals surface area contributed by atoms with Gasteiger partial charge in [0.15, 0.2) is 17.3 Å². The maximum atomic E-state index is 13.3. The second-order valence-electron chi connectivity index (χ2n) is 8.56. The maximum absolute atomic E-state index is 13.3. The molecule has 0 amide bonds. The van der Waals surface area contributed by atoms with Gasteiger partial charge in [-0.15, -0.1) is 5.10 Å². The van der Waals surface area contributed by atoms with Crippen molar-refractivity contribution >= 4 is 22.4 Å². The van der Waals surface area contributed by atoms with E-state index in [-0.39, 0.29) is 5.56 Å². The summed E-state index contributed by atoms with van der Waals surface area (Å²) in [5.74, 6) is 2.43. The Balaban J connectivity index is 1.47. The Morgan fingerprint density at radius 2 is 1.56 bits per heavy atom. The Bertz CT molecular complexity index is 1890. The number of rotatable bonds is 7. The molecule has 0 saturated carbocycles. The molecule has 0 bridgehead atoms. The van der Waals surface area contributed by atoms with Crippen molar-refractivity contribution in [2.75, 3.05) is 21.3 Å². The third-order valence-corrected chi connectivity index (χ3v) is 7.20. The van der Waals surface area contributed by atoms with Crippen molar-refractivity contribution in [3.8, 4) is 45.6 Å². The summed E-state index contributed by atoms with van der Waals surface area (Å²) in [5, 5.41) is 9.33. The van der Waals surface area contributed by atoms with Gasteiger partial charge in [0.2, 0.25) is 4.96 Å². The molecule has 3 heterocycles. The molecule has 0 saturated heterocycles. The third kappa shape index (κ3) is 4.51. The Morgan fingerprint density at radius 1 is 0.821 bits per heavy atom. The highest BCUT2D eigenvalue weighted by atomic mass is 32.1. The Kier molecular flexibility index (Phi) is 6.29. The van der Waals surface area contributed by atoms with E-state index in [2.05, 4.69) is 10.1 Å². The molecule has 39 heavy (non-hydrogen) atoms. The van der Waals surface area contributed by atoms with Crippen LogP contribution in [0.4, 0.5) is 0 Å². The van der Waals surface area contributed by atoms with Crippen LogP contribution in [0.2, 0.25) is 0 Å². The second kappa shape index (κ2) is 10.1. The SMILES string of the molecule is COc1ccc(-c2nc3s/c(=C\c4cn(-c5ccccc5)nc4-c4ccc(OC)c(OC)c4)c(=O)n3n2)cc1. The van der Waals surface area contributed by atoms with Crippen LogP contribution in [0, 0.1) is 0 Å². The van der Waals surface area contributed by atoms with E-state index in [4.69, 9.17) is 19.3 Å². The Morgan fingerprint density at radius 3 is 2.26 bits per heavy atom. The zero-order valence-corrected chi connectivity index (χ0v) is 22.2. The average molecular weight is 538 g/mol. The van der Waals surface area contributed by atoms with Crippen LogP contribution in [-0.2, 0) is 0 Å². The molecule has 0 N–H and O–H groups in total. The number of benzene rings is 3. The zero-order chi connectivity index (χ0) is 26.9. The summed E-state index contributed by atoms with van der Waals surface area (Å²) in [6, 6.07) is 22.8. The van der Waals surface area contributed by atoms with Crippen LogP contribution in [-0.4, -0.2) is 45.7 Å². The van der Waals surface area contributed by atoms with Crippen molar-refractivity contribution in [3.05, 3.63) is 99.4 Å². The number of fused-ring (bicyclic) bond motifs is 1. The lowest BCUT2D eigenvalue weighted by Crippen LogP contribution is -2.23. The molecule has 0 aliphatic rings. The molecule has 6 rings (SSSR count). The minimum absolute atomic E-state index is 0.243. The predicted octanol–water partition coefficient (Wildman–Crippen LogP) is 4.24. The second-order valence-corrected chi connectivity index (χ2v) is 9.57. The third-order valence-electron chi connectivity index (χ3n) is 6.24. The van der Waals surface area contributed by atoms with E-state index in [0.29, 0.717) is 32.5 Å². The minimum Gasteiger partial charge on any atom is -0.497 e. The average Bonchev–Trinajstić information content (AvgIpc) is 3.68. The van der Waals surface area contributed by atoms with Crippen molar-refractivity contribution in [1.29, 1.82) is 0 Å². The van der Waals surface area contributed by atoms with Crippen LogP contribution < -0.4 is 24.3 Å². The van der Waals surface area contributed by atoms with Crippen LogP contribution in [0.5, 0.6) is 17.2 Å². The van der Waals surface area contributed by atoms with E-state index < -0.39 is 0 Å². The quantitative estimate of drug-likeness (QED) is 0.301. The van der Waals surface area contributed by atoms with Gasteiger partial charge in [-0.2, -0.15) is 14.6 Å². The molecule has 3 aromatic heterocycles. The van der Waals surface area contributed by atoms with Gasteiger partial charge in [-0.05, 0) is 60.7 Å². The zero-order valence-electron chi connectivity index (χ0n) is 21.4. The molecule has 10 heteroatoms. The van der Waals surface area contributed by atoms with Gasteiger partial charge in [-0.1, -0.05) is 29.5 Å². The number of methoxy groups -OCH3 is 3. The summed E-state index contributed by atoms with van der Waals surface area (Å²) in [4.78, 5) is 18.5. The van der Waals surface area contributed by atoms with Crippen molar-refractivity contribution in [2.24, 2.45) is 0 Å². The molecule has 0 spiro atoms. The molecule has 0 atom stereocenters. The first kappa shape index (κ1) is 24.4. The Labute approximate surface area is 227 Å². The topological polar surface area (TPSA) is 92.8 Å². The van der Waals surface area contributed by atoms with E-state index >= 15 is 0 Å². The van der Waals surface area contributed by atoms with E-state index in [1.165, 1.54) is 15.9 Å². The summed E-state index contributed by atoms with van der Waals surface area (Å²) in [6.07, 6.45) is 3.73. The van der Waals surface area contributed by atoms with Crippen molar-refractivity contribution in [3.63, 3.8) is 0 Å². The predicted molar refractivity (Wildman–Crippen MR) is 150 cm³/mol. The number of thiazole rings is 1. The van der Waals surface area contributed by atoms with Gasteiger partial charge >= 0.3 is 0 Å². The minimum atomic E-state index is -0.243. The lowest BCUT2D eigenvalue weighted by Gasteiger charge is -2.09. The molecular weight excluding hydrogens is 514 g/mol. The van der Waals surface area contributed by atoms with Gasteiger partial charge in [-0.3, -0.25) is 4.79 Å². The number of hydrogen-bond donors (Lipinski definition) is 0. The molecule has 6 aromatic rings. The maximum Gasteiger partial charge on any atom is 0.291 e. The van der Waals surface area contributed by atoms with Crippen LogP contribution in [0.15, 0.2) is 83.8 Å². The van der Waals surface area contributed by atoms with E-state index in [0.717, 1.165) is 28.1 Å². The van der Waals surface area contributed by atoms with Gasteiger partial charge in [0, 0.05) is 22.9 Å². The number of para-hydroxylation sites is 1. The van der Waals surface area contributed by atoms with Gasteiger partial charge in [0.25, 0.3) is 5.56 Å². The van der Waals surface area contributed by atoms with Crippen molar-refractivity contribution in [1.82, 2.24) is 24.4 Å². The van der Waals surface area contributed by atoms with Gasteiger partial charge in [-0.25, -0.2) is 4.68 Å². The van der Waals surface area contributed by atoms with Crippen LogP contribution in [0.3, 0.4) is 0 Å². The fourth-order valence-corrected chi connectivity index (χ4v) is 5.15. The number of ether oxygens (including phenoxy) is 3. The largest absolute Gasteiger partial charge is 0.497 e. The first-order valence-corrected chi connectivity index (χ1v) is 12.8. The molecule has 0 radical (unpaired) electrons. The molecule has 3 aromatic carbocycles. The van der Waals surface area contributed by atoms with Gasteiger partial charge < -0.3 is 14.2 Å². The van der Waals surface area contributed by atoms with Crippen LogP contribution in [0.25, 0.3) is 39.4 Å². The molecule has 0 aliphatic carbocycles. The summed E-state index contributed by atoms with van der Waals surface area (Å²) in [5.41, 5.74) is 3.74. The molecule has 0 aliphatic heterocycles.